The van der Waals surface area contributed by atoms with Crippen LogP contribution in [-0.2, 0) is 9.53 Å². The molecule has 0 aliphatic carbocycles. The number of amides is 1. The van der Waals surface area contributed by atoms with Crippen molar-refractivity contribution < 1.29 is 14.3 Å². The molecule has 6 nitrogen and oxygen atoms in total. The number of aromatic nitrogens is 1. The number of hydrogen-bond acceptors (Lipinski definition) is 5. The highest BCUT2D eigenvalue weighted by Gasteiger charge is 2.43. The van der Waals surface area contributed by atoms with E-state index >= 15 is 0 Å². The van der Waals surface area contributed by atoms with E-state index in [-0.39, 0.29) is 18.4 Å². The molecule has 1 aliphatic heterocycles. The van der Waals surface area contributed by atoms with Crippen molar-refractivity contribution in [2.24, 2.45) is 10.9 Å². The number of rotatable bonds is 4. The maximum atomic E-state index is 12.2. The predicted octanol–water partition coefficient (Wildman–Crippen LogP) is 1.86. The fraction of sp³-hybridized carbons (Fsp3) is 0.500. The predicted molar refractivity (Wildman–Crippen MR) is 82.9 cm³/mol. The zero-order chi connectivity index (χ0) is 16.5. The lowest BCUT2D eigenvalue weighted by atomic mass is 9.89. The molecule has 118 valence electrons. The zero-order valence-electron chi connectivity index (χ0n) is 13.6. The van der Waals surface area contributed by atoms with E-state index in [2.05, 4.69) is 15.3 Å². The zero-order valence-corrected chi connectivity index (χ0v) is 13.6. The second-order valence-electron chi connectivity index (χ2n) is 5.85. The number of aliphatic imine (C=N–C) groups is 1. The molecule has 0 spiro atoms. The first-order valence-electron chi connectivity index (χ1n) is 7.35. The highest BCUT2D eigenvalue weighted by Crippen LogP contribution is 2.27. The van der Waals surface area contributed by atoms with Gasteiger partial charge < -0.3 is 10.1 Å². The van der Waals surface area contributed by atoms with E-state index in [1.54, 1.807) is 26.1 Å². The number of nitrogens with one attached hydrogen (secondary N) is 1. The summed E-state index contributed by atoms with van der Waals surface area (Å²) in [6.45, 7) is 9.49. The Morgan fingerprint density at radius 2 is 2.14 bits per heavy atom. The van der Waals surface area contributed by atoms with Crippen LogP contribution in [0.2, 0.25) is 0 Å². The Morgan fingerprint density at radius 1 is 1.45 bits per heavy atom. The third kappa shape index (κ3) is 2.73. The Balaban J connectivity index is 2.50. The smallest absolute Gasteiger partial charge is 0.340 e. The van der Waals surface area contributed by atoms with Crippen LogP contribution in [-0.4, -0.2) is 34.8 Å². The molecule has 6 heteroatoms. The molecule has 2 rings (SSSR count). The summed E-state index contributed by atoms with van der Waals surface area (Å²) in [5.41, 5.74) is 0.646. The summed E-state index contributed by atoms with van der Waals surface area (Å²) in [7, 11) is 0. The monoisotopic (exact) mass is 303 g/mol. The summed E-state index contributed by atoms with van der Waals surface area (Å²) in [5.74, 6) is -0.302. The van der Waals surface area contributed by atoms with Crippen LogP contribution < -0.4 is 5.32 Å². The fourth-order valence-corrected chi connectivity index (χ4v) is 2.17. The highest BCUT2D eigenvalue weighted by atomic mass is 16.5. The topological polar surface area (TPSA) is 80.7 Å². The van der Waals surface area contributed by atoms with E-state index in [0.717, 1.165) is 5.56 Å². The Bertz CT molecular complexity index is 652. The van der Waals surface area contributed by atoms with E-state index in [0.29, 0.717) is 17.1 Å². The lowest BCUT2D eigenvalue weighted by Crippen LogP contribution is -2.41. The van der Waals surface area contributed by atoms with Gasteiger partial charge >= 0.3 is 5.97 Å². The highest BCUT2D eigenvalue weighted by molar-refractivity contribution is 6.17. The Labute approximate surface area is 130 Å². The second kappa shape index (κ2) is 5.87. The van der Waals surface area contributed by atoms with Gasteiger partial charge in [-0.25, -0.2) is 9.79 Å². The van der Waals surface area contributed by atoms with Crippen LogP contribution in [0, 0.1) is 12.8 Å². The largest absolute Gasteiger partial charge is 0.462 e. The van der Waals surface area contributed by atoms with Gasteiger partial charge in [-0.05, 0) is 38.3 Å². The summed E-state index contributed by atoms with van der Waals surface area (Å²) in [4.78, 5) is 33.1. The van der Waals surface area contributed by atoms with Gasteiger partial charge in [0.25, 0.3) is 5.91 Å². The van der Waals surface area contributed by atoms with Gasteiger partial charge in [0.1, 0.15) is 11.2 Å². The SMILES string of the molecule is CCOC(=O)c1cc(C)cnc1C1=NC(C)(C(C)C)C(=O)N1. The molecule has 1 aromatic rings. The number of nitrogens with zero attached hydrogens (tertiary/aromatic N) is 2. The van der Waals surface area contributed by atoms with Crippen molar-refractivity contribution in [2.45, 2.75) is 40.2 Å². The summed E-state index contributed by atoms with van der Waals surface area (Å²) in [6, 6.07) is 1.69. The molecule has 1 aromatic heterocycles. The van der Waals surface area contributed by atoms with Crippen molar-refractivity contribution in [1.82, 2.24) is 10.3 Å². The minimum Gasteiger partial charge on any atom is -0.462 e. The van der Waals surface area contributed by atoms with E-state index in [1.165, 1.54) is 0 Å². The van der Waals surface area contributed by atoms with Crippen molar-refractivity contribution in [1.29, 1.82) is 0 Å². The van der Waals surface area contributed by atoms with Crippen molar-refractivity contribution in [2.75, 3.05) is 6.61 Å². The van der Waals surface area contributed by atoms with Gasteiger partial charge in [0, 0.05) is 6.20 Å². The van der Waals surface area contributed by atoms with Crippen molar-refractivity contribution >= 4 is 17.7 Å². The Morgan fingerprint density at radius 3 is 2.68 bits per heavy atom. The van der Waals surface area contributed by atoms with Crippen molar-refractivity contribution in [3.8, 4) is 0 Å². The number of amidine groups is 1. The molecule has 0 fully saturated rings. The van der Waals surface area contributed by atoms with E-state index in [4.69, 9.17) is 4.74 Å². The molecule has 1 N–H and O–H groups in total. The van der Waals surface area contributed by atoms with Crippen LogP contribution in [0.3, 0.4) is 0 Å². The average Bonchev–Trinajstić information content (AvgIpc) is 2.76. The molecule has 1 amide bonds. The number of ether oxygens (including phenoxy) is 1. The first-order valence-corrected chi connectivity index (χ1v) is 7.35. The lowest BCUT2D eigenvalue weighted by Gasteiger charge is -2.21. The molecule has 0 radical (unpaired) electrons. The molecule has 1 atom stereocenters. The third-order valence-electron chi connectivity index (χ3n) is 3.90. The maximum absolute atomic E-state index is 12.2. The van der Waals surface area contributed by atoms with Gasteiger partial charge in [0.05, 0.1) is 12.2 Å². The number of carbonyl (C=O) groups is 2. The molecule has 1 aliphatic rings. The van der Waals surface area contributed by atoms with Crippen LogP contribution in [0.1, 0.15) is 49.3 Å². The van der Waals surface area contributed by atoms with E-state index in [9.17, 15) is 9.59 Å². The molecule has 0 aromatic carbocycles. The fourth-order valence-electron chi connectivity index (χ4n) is 2.17. The first-order chi connectivity index (χ1) is 10.3. The van der Waals surface area contributed by atoms with Crippen LogP contribution in [0.4, 0.5) is 0 Å². The molecular weight excluding hydrogens is 282 g/mol. The maximum Gasteiger partial charge on any atom is 0.340 e. The van der Waals surface area contributed by atoms with Crippen LogP contribution in [0.25, 0.3) is 0 Å². The molecule has 0 saturated carbocycles. The third-order valence-corrected chi connectivity index (χ3v) is 3.90. The number of aryl methyl sites for hydroxylation is 1. The van der Waals surface area contributed by atoms with Crippen LogP contribution >= 0.6 is 0 Å². The number of carbonyl (C=O) groups excluding carboxylic acids is 2. The van der Waals surface area contributed by atoms with Crippen LogP contribution in [0.15, 0.2) is 17.3 Å². The molecular formula is C16H21N3O3. The van der Waals surface area contributed by atoms with E-state index < -0.39 is 11.5 Å². The van der Waals surface area contributed by atoms with Gasteiger partial charge in [-0.3, -0.25) is 9.78 Å². The molecule has 22 heavy (non-hydrogen) atoms. The number of esters is 1. The van der Waals surface area contributed by atoms with Gasteiger partial charge in [-0.15, -0.1) is 0 Å². The Hall–Kier alpha value is -2.24. The van der Waals surface area contributed by atoms with Crippen molar-refractivity contribution in [3.05, 3.63) is 29.1 Å². The summed E-state index contributed by atoms with van der Waals surface area (Å²) in [5, 5.41) is 2.74. The van der Waals surface area contributed by atoms with Crippen LogP contribution in [0.5, 0.6) is 0 Å². The quantitative estimate of drug-likeness (QED) is 0.861. The minimum absolute atomic E-state index is 0.0292. The second-order valence-corrected chi connectivity index (χ2v) is 5.85. The van der Waals surface area contributed by atoms with Gasteiger partial charge in [0.15, 0.2) is 5.84 Å². The molecule has 0 saturated heterocycles. The number of hydrogen-bond donors (Lipinski definition) is 1. The Kier molecular flexibility index (Phi) is 4.30. The average molecular weight is 303 g/mol. The summed E-state index contributed by atoms with van der Waals surface area (Å²) < 4.78 is 5.06. The standard InChI is InChI=1S/C16H21N3O3/c1-6-22-14(20)11-7-10(4)8-17-12(11)13-18-15(21)16(5,19-13)9(2)3/h7-9H,6H2,1-5H3,(H,18,19,21). The molecule has 2 heterocycles. The first kappa shape index (κ1) is 16.1. The van der Waals surface area contributed by atoms with Gasteiger partial charge in [0.2, 0.25) is 0 Å². The van der Waals surface area contributed by atoms with Gasteiger partial charge in [-0.2, -0.15) is 0 Å². The van der Waals surface area contributed by atoms with Gasteiger partial charge in [-0.1, -0.05) is 13.8 Å². The summed E-state index contributed by atoms with van der Waals surface area (Å²) >= 11 is 0. The summed E-state index contributed by atoms with van der Waals surface area (Å²) in [6.07, 6.45) is 1.64. The number of pyridine rings is 1. The normalized spacial score (nSPS) is 20.8. The van der Waals surface area contributed by atoms with Crippen molar-refractivity contribution in [3.63, 3.8) is 0 Å². The minimum atomic E-state index is -0.853. The van der Waals surface area contributed by atoms with E-state index in [1.807, 2.05) is 20.8 Å². The lowest BCUT2D eigenvalue weighted by molar-refractivity contribution is -0.124. The molecule has 0 bridgehead atoms. The molecule has 1 unspecified atom stereocenters.